The van der Waals surface area contributed by atoms with Gasteiger partial charge < -0.3 is 15.0 Å². The number of carbonyl (C=O) groups excluding carboxylic acids is 1. The van der Waals surface area contributed by atoms with Gasteiger partial charge in [-0.15, -0.1) is 0 Å². The van der Waals surface area contributed by atoms with Crippen LogP contribution in [0, 0.1) is 11.6 Å². The third-order valence-corrected chi connectivity index (χ3v) is 4.19. The van der Waals surface area contributed by atoms with Crippen LogP contribution in [0.2, 0.25) is 0 Å². The second-order valence-electron chi connectivity index (χ2n) is 5.54. The van der Waals surface area contributed by atoms with E-state index in [1.54, 1.807) is 25.1 Å². The molecule has 1 saturated heterocycles. The molecule has 2 rings (SSSR count). The van der Waals surface area contributed by atoms with Crippen LogP contribution in [0.4, 0.5) is 8.78 Å². The number of amides is 1. The predicted octanol–water partition coefficient (Wildman–Crippen LogP) is 1.91. The highest BCUT2D eigenvalue weighted by Crippen LogP contribution is 2.29. The summed E-state index contributed by atoms with van der Waals surface area (Å²) < 4.78 is 32.6. The molecule has 1 amide bonds. The van der Waals surface area contributed by atoms with Crippen LogP contribution in [-0.2, 0) is 9.53 Å². The van der Waals surface area contributed by atoms with Crippen LogP contribution in [0.25, 0.3) is 0 Å². The van der Waals surface area contributed by atoms with Crippen LogP contribution in [0.15, 0.2) is 18.2 Å². The van der Waals surface area contributed by atoms with E-state index in [0.29, 0.717) is 38.1 Å². The number of halogens is 2. The van der Waals surface area contributed by atoms with Crippen molar-refractivity contribution in [2.24, 2.45) is 0 Å². The molecule has 6 heteroatoms. The highest BCUT2D eigenvalue weighted by Gasteiger charge is 2.31. The molecular weight excluding hydrogens is 290 g/mol. The first-order chi connectivity index (χ1) is 10.6. The second kappa shape index (κ2) is 7.65. The van der Waals surface area contributed by atoms with Gasteiger partial charge in [-0.25, -0.2) is 8.78 Å². The fraction of sp³-hybridized carbons (Fsp3) is 0.562. The lowest BCUT2D eigenvalue weighted by Crippen LogP contribution is -2.45. The first kappa shape index (κ1) is 16.8. The van der Waals surface area contributed by atoms with Crippen LogP contribution in [-0.4, -0.2) is 50.7 Å². The molecular formula is C16H22F2N2O2. The molecule has 0 bridgehead atoms. The van der Waals surface area contributed by atoms with Gasteiger partial charge in [0.2, 0.25) is 5.91 Å². The molecule has 1 aliphatic heterocycles. The monoisotopic (exact) mass is 312 g/mol. The van der Waals surface area contributed by atoms with Crippen LogP contribution < -0.4 is 5.32 Å². The number of likely N-dealkylation sites (N-methyl/N-ethyl adjacent to an activating group) is 1. The molecule has 0 aromatic heterocycles. The minimum absolute atomic E-state index is 0.0149. The van der Waals surface area contributed by atoms with Crippen molar-refractivity contribution in [2.75, 3.05) is 33.9 Å². The summed E-state index contributed by atoms with van der Waals surface area (Å²) in [6.45, 7) is 1.24. The number of nitrogens with zero attached hydrogens (tertiary/aromatic N) is 1. The van der Waals surface area contributed by atoms with E-state index in [9.17, 15) is 13.6 Å². The van der Waals surface area contributed by atoms with E-state index in [1.165, 1.54) is 6.07 Å². The third-order valence-electron chi connectivity index (χ3n) is 4.19. The normalized spacial score (nSPS) is 22.7. The zero-order chi connectivity index (χ0) is 16.1. The molecule has 0 aliphatic carbocycles. The summed E-state index contributed by atoms with van der Waals surface area (Å²) in [5, 5.41) is 3.00. The summed E-state index contributed by atoms with van der Waals surface area (Å²) in [6.07, 6.45) is 1.22. The number of nitrogens with one attached hydrogen (secondary N) is 1. The Bertz CT molecular complexity index is 525. The van der Waals surface area contributed by atoms with Gasteiger partial charge in [0.05, 0.1) is 12.6 Å². The highest BCUT2D eigenvalue weighted by molar-refractivity contribution is 5.82. The molecule has 0 unspecified atom stereocenters. The van der Waals surface area contributed by atoms with Gasteiger partial charge in [-0.3, -0.25) is 4.79 Å². The van der Waals surface area contributed by atoms with Crippen LogP contribution in [0.3, 0.4) is 0 Å². The largest absolute Gasteiger partial charge is 0.383 e. The van der Waals surface area contributed by atoms with Crippen LogP contribution >= 0.6 is 0 Å². The Hall–Kier alpha value is -1.53. The molecule has 4 nitrogen and oxygen atoms in total. The van der Waals surface area contributed by atoms with Gasteiger partial charge in [-0.2, -0.15) is 0 Å². The molecule has 22 heavy (non-hydrogen) atoms. The average Bonchev–Trinajstić information content (AvgIpc) is 2.67. The number of rotatable bonds is 5. The molecule has 0 radical (unpaired) electrons. The van der Waals surface area contributed by atoms with E-state index < -0.39 is 11.6 Å². The van der Waals surface area contributed by atoms with Crippen molar-refractivity contribution in [1.82, 2.24) is 10.2 Å². The number of methoxy groups -OCH3 is 1. The van der Waals surface area contributed by atoms with Crippen molar-refractivity contribution in [3.05, 3.63) is 35.4 Å². The van der Waals surface area contributed by atoms with Crippen molar-refractivity contribution in [1.29, 1.82) is 0 Å². The number of hydrogen-bond acceptors (Lipinski definition) is 3. The van der Waals surface area contributed by atoms with E-state index in [1.807, 2.05) is 0 Å². The molecule has 1 heterocycles. The van der Waals surface area contributed by atoms with Crippen molar-refractivity contribution < 1.29 is 18.3 Å². The number of carbonyl (C=O) groups is 1. The Morgan fingerprint density at radius 3 is 2.82 bits per heavy atom. The van der Waals surface area contributed by atoms with Gasteiger partial charge in [0.15, 0.2) is 11.6 Å². The Balaban J connectivity index is 2.25. The molecule has 122 valence electrons. The Labute approximate surface area is 129 Å². The van der Waals surface area contributed by atoms with E-state index in [4.69, 9.17) is 4.74 Å². The maximum absolute atomic E-state index is 14.1. The van der Waals surface area contributed by atoms with Gasteiger partial charge >= 0.3 is 0 Å². The summed E-state index contributed by atoms with van der Waals surface area (Å²) >= 11 is 0. The van der Waals surface area contributed by atoms with Crippen LogP contribution in [0.1, 0.15) is 24.3 Å². The minimum Gasteiger partial charge on any atom is -0.383 e. The quantitative estimate of drug-likeness (QED) is 0.903. The first-order valence-electron chi connectivity index (χ1n) is 7.47. The SMILES string of the molecule is CN[C@@H]1CC[C@@H](c2cccc(F)c2F)CN(CCOC)C1=O. The third kappa shape index (κ3) is 3.62. The lowest BCUT2D eigenvalue weighted by molar-refractivity contribution is -0.133. The number of likely N-dealkylation sites (tertiary alicyclic amines) is 1. The zero-order valence-electron chi connectivity index (χ0n) is 12.9. The van der Waals surface area contributed by atoms with E-state index in [0.717, 1.165) is 6.07 Å². The maximum atomic E-state index is 14.1. The van der Waals surface area contributed by atoms with Gasteiger partial charge in [0.1, 0.15) is 0 Å². The number of hydrogen-bond donors (Lipinski definition) is 1. The summed E-state index contributed by atoms with van der Waals surface area (Å²) in [4.78, 5) is 14.1. The molecule has 0 saturated carbocycles. The smallest absolute Gasteiger partial charge is 0.239 e. The molecule has 2 atom stereocenters. The van der Waals surface area contributed by atoms with Gasteiger partial charge in [-0.05, 0) is 31.5 Å². The fourth-order valence-corrected chi connectivity index (χ4v) is 2.92. The summed E-state index contributed by atoms with van der Waals surface area (Å²) in [7, 11) is 3.31. The van der Waals surface area contributed by atoms with Crippen molar-refractivity contribution in [2.45, 2.75) is 24.8 Å². The lowest BCUT2D eigenvalue weighted by Gasteiger charge is -2.26. The minimum atomic E-state index is -0.846. The first-order valence-corrected chi connectivity index (χ1v) is 7.47. The summed E-state index contributed by atoms with van der Waals surface area (Å²) in [5.74, 6) is -1.88. The second-order valence-corrected chi connectivity index (χ2v) is 5.54. The lowest BCUT2D eigenvalue weighted by atomic mass is 9.93. The van der Waals surface area contributed by atoms with Gasteiger partial charge in [0, 0.05) is 26.1 Å². The summed E-state index contributed by atoms with van der Waals surface area (Å²) in [6, 6.07) is 3.93. The zero-order valence-corrected chi connectivity index (χ0v) is 12.9. The van der Waals surface area contributed by atoms with E-state index >= 15 is 0 Å². The molecule has 1 aliphatic rings. The van der Waals surface area contributed by atoms with Gasteiger partial charge in [0.25, 0.3) is 0 Å². The molecule has 1 fully saturated rings. The molecule has 1 N–H and O–H groups in total. The van der Waals surface area contributed by atoms with E-state index in [2.05, 4.69) is 5.32 Å². The Morgan fingerprint density at radius 1 is 1.36 bits per heavy atom. The van der Waals surface area contributed by atoms with Gasteiger partial charge in [-0.1, -0.05) is 12.1 Å². The molecule has 1 aromatic rings. The average molecular weight is 312 g/mol. The van der Waals surface area contributed by atoms with Crippen molar-refractivity contribution in [3.8, 4) is 0 Å². The molecule has 0 spiro atoms. The van der Waals surface area contributed by atoms with Crippen LogP contribution in [0.5, 0.6) is 0 Å². The Morgan fingerprint density at radius 2 is 2.14 bits per heavy atom. The topological polar surface area (TPSA) is 41.6 Å². The Kier molecular flexibility index (Phi) is 5.85. The van der Waals surface area contributed by atoms with E-state index in [-0.39, 0.29) is 17.9 Å². The van der Waals surface area contributed by atoms with Crippen molar-refractivity contribution in [3.63, 3.8) is 0 Å². The fourth-order valence-electron chi connectivity index (χ4n) is 2.92. The predicted molar refractivity (Wildman–Crippen MR) is 79.6 cm³/mol. The number of benzene rings is 1. The maximum Gasteiger partial charge on any atom is 0.239 e. The standard InChI is InChI=1S/C16H22F2N2O2/c1-19-14-7-6-11(10-20(16(14)21)8-9-22-2)12-4-3-5-13(17)15(12)18/h3-5,11,14,19H,6-10H2,1-2H3/t11-,14-/m1/s1. The van der Waals surface area contributed by atoms with Crippen molar-refractivity contribution >= 4 is 5.91 Å². The highest BCUT2D eigenvalue weighted by atomic mass is 19.2. The molecule has 1 aromatic carbocycles. The summed E-state index contributed by atoms with van der Waals surface area (Å²) in [5.41, 5.74) is 0.340. The number of ether oxygens (including phenoxy) is 1.